The van der Waals surface area contributed by atoms with Crippen molar-refractivity contribution in [2.45, 2.75) is 57.9 Å². The fraction of sp³-hybridized carbons (Fsp3) is 0.846. The summed E-state index contributed by atoms with van der Waals surface area (Å²) < 4.78 is 1.84. The van der Waals surface area contributed by atoms with Gasteiger partial charge in [0.25, 0.3) is 0 Å². The highest BCUT2D eigenvalue weighted by Crippen LogP contribution is 2.27. The summed E-state index contributed by atoms with van der Waals surface area (Å²) in [4.78, 5) is 0. The highest BCUT2D eigenvalue weighted by molar-refractivity contribution is 4.92. The van der Waals surface area contributed by atoms with Gasteiger partial charge >= 0.3 is 0 Å². The van der Waals surface area contributed by atoms with Gasteiger partial charge in [-0.05, 0) is 25.2 Å². The molecule has 2 rings (SSSR count). The Labute approximate surface area is 103 Å². The molecule has 0 saturated heterocycles. The van der Waals surface area contributed by atoms with Crippen LogP contribution in [0.25, 0.3) is 0 Å². The van der Waals surface area contributed by atoms with Crippen LogP contribution in [-0.2, 0) is 13.0 Å². The normalized spacial score (nSPS) is 17.5. The molecule has 96 valence electrons. The molecule has 0 aliphatic heterocycles. The van der Waals surface area contributed by atoms with Crippen molar-refractivity contribution in [3.63, 3.8) is 0 Å². The molecule has 17 heavy (non-hydrogen) atoms. The summed E-state index contributed by atoms with van der Waals surface area (Å²) in [6.45, 7) is 0.990. The molecule has 1 aromatic rings. The van der Waals surface area contributed by atoms with Crippen LogP contribution < -0.4 is 0 Å². The molecule has 1 aromatic heterocycles. The molecule has 0 amide bonds. The monoisotopic (exact) mass is 237 g/mol. The molecule has 4 heteroatoms. The Balaban J connectivity index is 1.72. The second kappa shape index (κ2) is 6.74. The minimum absolute atomic E-state index is 0.220. The third-order valence-corrected chi connectivity index (χ3v) is 3.66. The van der Waals surface area contributed by atoms with Gasteiger partial charge in [0, 0.05) is 19.3 Å². The maximum Gasteiger partial charge on any atom is 0.0827 e. The second-order valence-corrected chi connectivity index (χ2v) is 5.09. The Morgan fingerprint density at radius 2 is 2.12 bits per heavy atom. The molecule has 4 nitrogen and oxygen atoms in total. The van der Waals surface area contributed by atoms with Gasteiger partial charge in [-0.2, -0.15) is 0 Å². The van der Waals surface area contributed by atoms with Gasteiger partial charge in [0.2, 0.25) is 0 Å². The number of hydrogen-bond donors (Lipinski definition) is 1. The van der Waals surface area contributed by atoms with E-state index in [0.717, 1.165) is 31.0 Å². The Hall–Kier alpha value is -0.900. The fourth-order valence-corrected chi connectivity index (χ4v) is 2.62. The second-order valence-electron chi connectivity index (χ2n) is 5.09. The molecule has 1 aliphatic rings. The van der Waals surface area contributed by atoms with E-state index in [0.29, 0.717) is 0 Å². The first-order valence-corrected chi connectivity index (χ1v) is 6.88. The number of hydrogen-bond acceptors (Lipinski definition) is 3. The topological polar surface area (TPSA) is 50.9 Å². The van der Waals surface area contributed by atoms with Gasteiger partial charge < -0.3 is 5.11 Å². The minimum atomic E-state index is 0.220. The number of aliphatic hydroxyl groups is 1. The third-order valence-electron chi connectivity index (χ3n) is 3.66. The molecule has 0 unspecified atom stereocenters. The summed E-state index contributed by atoms with van der Waals surface area (Å²) in [5.74, 6) is 0.909. The summed E-state index contributed by atoms with van der Waals surface area (Å²) in [6, 6.07) is 0. The molecule has 0 spiro atoms. The van der Waals surface area contributed by atoms with Gasteiger partial charge in [-0.1, -0.05) is 37.3 Å². The van der Waals surface area contributed by atoms with Crippen molar-refractivity contribution in [3.05, 3.63) is 11.9 Å². The van der Waals surface area contributed by atoms with Gasteiger partial charge in [-0.3, -0.25) is 4.68 Å². The molecule has 1 aliphatic carbocycles. The number of nitrogens with zero attached hydrogens (tertiary/aromatic N) is 3. The predicted octanol–water partition coefficient (Wildman–Crippen LogP) is 2.17. The molecule has 0 radical (unpaired) electrons. The lowest BCUT2D eigenvalue weighted by molar-refractivity contribution is 0.276. The van der Waals surface area contributed by atoms with Gasteiger partial charge in [-0.15, -0.1) is 5.10 Å². The first kappa shape index (κ1) is 12.6. The van der Waals surface area contributed by atoms with Gasteiger partial charge in [0.15, 0.2) is 0 Å². The summed E-state index contributed by atoms with van der Waals surface area (Å²) in [5, 5.41) is 17.0. The third kappa shape index (κ3) is 4.11. The molecule has 1 saturated carbocycles. The Bertz CT molecular complexity index is 318. The summed E-state index contributed by atoms with van der Waals surface area (Å²) in [5.41, 5.74) is 1.11. The largest absolute Gasteiger partial charge is 0.396 e. The molecule has 1 N–H and O–H groups in total. The maximum absolute atomic E-state index is 8.75. The molecule has 0 atom stereocenters. The molecular weight excluding hydrogens is 214 g/mol. The predicted molar refractivity (Wildman–Crippen MR) is 66.6 cm³/mol. The highest BCUT2D eigenvalue weighted by atomic mass is 16.3. The van der Waals surface area contributed by atoms with E-state index in [-0.39, 0.29) is 6.61 Å². The summed E-state index contributed by atoms with van der Waals surface area (Å²) in [7, 11) is 0. The van der Waals surface area contributed by atoms with E-state index < -0.39 is 0 Å². The van der Waals surface area contributed by atoms with Crippen LogP contribution in [0.4, 0.5) is 0 Å². The van der Waals surface area contributed by atoms with Gasteiger partial charge in [0.1, 0.15) is 0 Å². The number of aromatic nitrogens is 3. The van der Waals surface area contributed by atoms with Crippen molar-refractivity contribution in [1.82, 2.24) is 15.0 Å². The molecular formula is C13H23N3O. The van der Waals surface area contributed by atoms with Crippen molar-refractivity contribution >= 4 is 0 Å². The molecule has 1 heterocycles. The van der Waals surface area contributed by atoms with Crippen LogP contribution in [0.2, 0.25) is 0 Å². The van der Waals surface area contributed by atoms with E-state index >= 15 is 0 Å². The van der Waals surface area contributed by atoms with Crippen LogP contribution in [-0.4, -0.2) is 26.7 Å². The first-order valence-electron chi connectivity index (χ1n) is 6.88. The quantitative estimate of drug-likeness (QED) is 0.825. The first-order chi connectivity index (χ1) is 8.38. The number of rotatable bonds is 6. The van der Waals surface area contributed by atoms with Crippen molar-refractivity contribution in [3.8, 4) is 0 Å². The van der Waals surface area contributed by atoms with Crippen LogP contribution >= 0.6 is 0 Å². The Kier molecular flexibility index (Phi) is 4.98. The zero-order chi connectivity index (χ0) is 11.9. The zero-order valence-electron chi connectivity index (χ0n) is 10.5. The standard InChI is InChI=1S/C13H23N3O/c17-10-4-9-16-11-13(14-15-16)8-7-12-5-2-1-3-6-12/h11-12,17H,1-10H2. The van der Waals surface area contributed by atoms with Crippen LogP contribution in [0.5, 0.6) is 0 Å². The summed E-state index contributed by atoms with van der Waals surface area (Å²) >= 11 is 0. The van der Waals surface area contributed by atoms with Crippen LogP contribution in [0.1, 0.15) is 50.6 Å². The molecule has 1 fully saturated rings. The van der Waals surface area contributed by atoms with E-state index in [1.54, 1.807) is 0 Å². The minimum Gasteiger partial charge on any atom is -0.396 e. The van der Waals surface area contributed by atoms with Crippen molar-refractivity contribution in [2.75, 3.05) is 6.61 Å². The average Bonchev–Trinajstić information content (AvgIpc) is 2.83. The Morgan fingerprint density at radius 3 is 2.88 bits per heavy atom. The van der Waals surface area contributed by atoms with Crippen LogP contribution in [0.3, 0.4) is 0 Å². The van der Waals surface area contributed by atoms with Crippen molar-refractivity contribution < 1.29 is 5.11 Å². The van der Waals surface area contributed by atoms with Gasteiger partial charge in [-0.25, -0.2) is 0 Å². The van der Waals surface area contributed by atoms with E-state index in [9.17, 15) is 0 Å². The van der Waals surface area contributed by atoms with Crippen LogP contribution in [0.15, 0.2) is 6.20 Å². The van der Waals surface area contributed by atoms with Gasteiger partial charge in [0.05, 0.1) is 5.69 Å². The van der Waals surface area contributed by atoms with Crippen molar-refractivity contribution in [1.29, 1.82) is 0 Å². The van der Waals surface area contributed by atoms with E-state index in [2.05, 4.69) is 10.3 Å². The lowest BCUT2D eigenvalue weighted by atomic mass is 9.86. The molecule has 0 aromatic carbocycles. The lowest BCUT2D eigenvalue weighted by Gasteiger charge is -2.20. The molecule has 0 bridgehead atoms. The maximum atomic E-state index is 8.75. The fourth-order valence-electron chi connectivity index (χ4n) is 2.62. The highest BCUT2D eigenvalue weighted by Gasteiger charge is 2.13. The number of aliphatic hydroxyl groups excluding tert-OH is 1. The SMILES string of the molecule is OCCCn1cc(CCC2CCCCC2)nn1. The average molecular weight is 237 g/mol. The number of aryl methyl sites for hydroxylation is 2. The lowest BCUT2D eigenvalue weighted by Crippen LogP contribution is -2.07. The van der Waals surface area contributed by atoms with E-state index in [1.807, 2.05) is 10.9 Å². The van der Waals surface area contributed by atoms with E-state index in [4.69, 9.17) is 5.11 Å². The summed E-state index contributed by atoms with van der Waals surface area (Å²) in [6.07, 6.45) is 12.2. The van der Waals surface area contributed by atoms with Crippen LogP contribution in [0, 0.1) is 5.92 Å². The van der Waals surface area contributed by atoms with E-state index in [1.165, 1.54) is 38.5 Å². The zero-order valence-corrected chi connectivity index (χ0v) is 10.5. The smallest absolute Gasteiger partial charge is 0.0827 e. The van der Waals surface area contributed by atoms with Crippen molar-refractivity contribution in [2.24, 2.45) is 5.92 Å². The Morgan fingerprint density at radius 1 is 1.29 bits per heavy atom.